The fourth-order valence-corrected chi connectivity index (χ4v) is 5.33. The van der Waals surface area contributed by atoms with Gasteiger partial charge in [0.2, 0.25) is 6.79 Å². The number of para-hydroxylation sites is 1. The quantitative estimate of drug-likeness (QED) is 0.625. The summed E-state index contributed by atoms with van der Waals surface area (Å²) in [7, 11) is 0. The van der Waals surface area contributed by atoms with Crippen LogP contribution in [0, 0.1) is 5.82 Å². The Labute approximate surface area is 196 Å². The second-order valence-electron chi connectivity index (χ2n) is 9.13. The zero-order valence-corrected chi connectivity index (χ0v) is 18.8. The van der Waals surface area contributed by atoms with Gasteiger partial charge in [0.25, 0.3) is 5.91 Å². The molecule has 1 aliphatic carbocycles. The first kappa shape index (κ1) is 21.2. The molecule has 0 saturated carbocycles. The summed E-state index contributed by atoms with van der Waals surface area (Å²) in [5.74, 6) is 0.899. The van der Waals surface area contributed by atoms with Gasteiger partial charge in [-0.1, -0.05) is 18.2 Å². The lowest BCUT2D eigenvalue weighted by molar-refractivity contribution is 0.0486. The lowest BCUT2D eigenvalue weighted by atomic mass is 9.74. The molecule has 6 rings (SSSR count). The van der Waals surface area contributed by atoms with Gasteiger partial charge in [-0.3, -0.25) is 4.79 Å². The molecule has 0 spiro atoms. The first-order chi connectivity index (χ1) is 16.6. The van der Waals surface area contributed by atoms with Gasteiger partial charge in [-0.25, -0.2) is 9.07 Å². The van der Waals surface area contributed by atoms with Crippen molar-refractivity contribution in [1.29, 1.82) is 0 Å². The second-order valence-corrected chi connectivity index (χ2v) is 9.13. The van der Waals surface area contributed by atoms with Crippen LogP contribution in [0.1, 0.15) is 46.6 Å². The molecule has 2 aromatic carbocycles. The van der Waals surface area contributed by atoms with E-state index in [1.807, 2.05) is 12.1 Å². The molecule has 8 heteroatoms. The first-order valence-corrected chi connectivity index (χ1v) is 11.8. The van der Waals surface area contributed by atoms with Crippen LogP contribution < -0.4 is 14.8 Å². The van der Waals surface area contributed by atoms with Gasteiger partial charge in [0.1, 0.15) is 11.5 Å². The Morgan fingerprint density at radius 2 is 1.91 bits per heavy atom. The molecule has 0 bridgehead atoms. The summed E-state index contributed by atoms with van der Waals surface area (Å²) in [6.07, 6.45) is 4.06. The van der Waals surface area contributed by atoms with Crippen LogP contribution in [-0.4, -0.2) is 42.2 Å². The third kappa shape index (κ3) is 3.53. The van der Waals surface area contributed by atoms with Crippen molar-refractivity contribution >= 4 is 5.91 Å². The predicted octanol–water partition coefficient (Wildman–Crippen LogP) is 3.71. The molecule has 34 heavy (non-hydrogen) atoms. The van der Waals surface area contributed by atoms with Crippen molar-refractivity contribution in [3.63, 3.8) is 0 Å². The molecule has 1 aromatic heterocycles. The van der Waals surface area contributed by atoms with Crippen molar-refractivity contribution in [2.24, 2.45) is 0 Å². The predicted molar refractivity (Wildman–Crippen MR) is 122 cm³/mol. The molecular formula is C26H26FN3O4. The van der Waals surface area contributed by atoms with E-state index in [1.54, 1.807) is 22.9 Å². The van der Waals surface area contributed by atoms with Gasteiger partial charge in [-0.15, -0.1) is 0 Å². The number of halogens is 1. The Morgan fingerprint density at radius 3 is 2.76 bits per heavy atom. The van der Waals surface area contributed by atoms with Crippen molar-refractivity contribution < 1.29 is 23.4 Å². The van der Waals surface area contributed by atoms with E-state index in [1.165, 1.54) is 6.07 Å². The highest BCUT2D eigenvalue weighted by molar-refractivity contribution is 5.94. The number of amides is 1. The summed E-state index contributed by atoms with van der Waals surface area (Å²) in [5, 5.41) is 7.72. The van der Waals surface area contributed by atoms with E-state index in [-0.39, 0.29) is 23.9 Å². The van der Waals surface area contributed by atoms with Crippen molar-refractivity contribution in [3.8, 4) is 17.2 Å². The number of hydrogen-bond donors (Lipinski definition) is 1. The summed E-state index contributed by atoms with van der Waals surface area (Å²) in [5.41, 5.74) is 3.44. The minimum atomic E-state index is -0.351. The van der Waals surface area contributed by atoms with Gasteiger partial charge in [0.05, 0.1) is 0 Å². The van der Waals surface area contributed by atoms with Crippen LogP contribution in [0.15, 0.2) is 42.5 Å². The number of benzene rings is 2. The highest BCUT2D eigenvalue weighted by atomic mass is 19.1. The van der Waals surface area contributed by atoms with Crippen molar-refractivity contribution in [2.75, 3.05) is 26.6 Å². The van der Waals surface area contributed by atoms with Gasteiger partial charge >= 0.3 is 0 Å². The van der Waals surface area contributed by atoms with Crippen LogP contribution in [0.4, 0.5) is 4.39 Å². The molecule has 1 saturated heterocycles. The SMILES string of the molecule is O=C(NCC1(c2ccc3c(c2)OCO3)CCOCC1)c1nn(-c2ccccc2F)c2c1CCC2. The lowest BCUT2D eigenvalue weighted by Gasteiger charge is -2.38. The molecule has 1 N–H and O–H groups in total. The molecular weight excluding hydrogens is 437 g/mol. The number of aromatic nitrogens is 2. The topological polar surface area (TPSA) is 74.6 Å². The summed E-state index contributed by atoms with van der Waals surface area (Å²) in [6.45, 7) is 1.93. The Morgan fingerprint density at radius 1 is 1.09 bits per heavy atom. The zero-order chi connectivity index (χ0) is 23.1. The van der Waals surface area contributed by atoms with E-state index in [2.05, 4.69) is 16.5 Å². The third-order valence-corrected chi connectivity index (χ3v) is 7.25. The monoisotopic (exact) mass is 463 g/mol. The van der Waals surface area contributed by atoms with Gasteiger partial charge in [-0.05, 0) is 61.9 Å². The molecule has 0 atom stereocenters. The number of nitrogens with zero attached hydrogens (tertiary/aromatic N) is 2. The summed E-state index contributed by atoms with van der Waals surface area (Å²) < 4.78 is 32.8. The normalized spacial score (nSPS) is 18.0. The van der Waals surface area contributed by atoms with E-state index >= 15 is 0 Å². The highest BCUT2D eigenvalue weighted by Crippen LogP contribution is 2.40. The smallest absolute Gasteiger partial charge is 0.272 e. The standard InChI is InChI=1S/C26H26FN3O4/c27-19-5-1-2-6-21(19)30-20-7-3-4-18(20)24(29-30)25(31)28-15-26(10-12-32-13-11-26)17-8-9-22-23(14-17)34-16-33-22/h1-2,5-6,8-9,14H,3-4,7,10-13,15-16H2,(H,28,31). The minimum absolute atomic E-state index is 0.222. The summed E-state index contributed by atoms with van der Waals surface area (Å²) in [6, 6.07) is 12.5. The zero-order valence-electron chi connectivity index (χ0n) is 18.8. The van der Waals surface area contributed by atoms with E-state index < -0.39 is 0 Å². The number of nitrogens with one attached hydrogen (secondary N) is 1. The average molecular weight is 464 g/mol. The molecule has 176 valence electrons. The molecule has 1 fully saturated rings. The number of hydrogen-bond acceptors (Lipinski definition) is 5. The van der Waals surface area contributed by atoms with Gasteiger partial charge in [-0.2, -0.15) is 5.10 Å². The highest BCUT2D eigenvalue weighted by Gasteiger charge is 2.37. The first-order valence-electron chi connectivity index (χ1n) is 11.8. The molecule has 7 nitrogen and oxygen atoms in total. The molecule has 1 amide bonds. The Kier molecular flexibility index (Phi) is 5.25. The molecule has 2 aliphatic heterocycles. The van der Waals surface area contributed by atoms with Crippen molar-refractivity contribution in [1.82, 2.24) is 15.1 Å². The van der Waals surface area contributed by atoms with Crippen LogP contribution >= 0.6 is 0 Å². The fourth-order valence-electron chi connectivity index (χ4n) is 5.33. The number of carbonyl (C=O) groups is 1. The maximum absolute atomic E-state index is 14.5. The van der Waals surface area contributed by atoms with Crippen LogP contribution in [0.2, 0.25) is 0 Å². The molecule has 3 aliphatic rings. The van der Waals surface area contributed by atoms with Crippen LogP contribution in [0.5, 0.6) is 11.5 Å². The van der Waals surface area contributed by atoms with Crippen molar-refractivity contribution in [3.05, 3.63) is 70.8 Å². The molecule has 3 heterocycles. The Hall–Kier alpha value is -3.39. The van der Waals surface area contributed by atoms with Gasteiger partial charge in [0, 0.05) is 36.4 Å². The number of ether oxygens (including phenoxy) is 3. The maximum Gasteiger partial charge on any atom is 0.272 e. The number of fused-ring (bicyclic) bond motifs is 2. The van der Waals surface area contributed by atoms with Crippen LogP contribution in [0.3, 0.4) is 0 Å². The third-order valence-electron chi connectivity index (χ3n) is 7.25. The minimum Gasteiger partial charge on any atom is -0.454 e. The van der Waals surface area contributed by atoms with E-state index in [4.69, 9.17) is 14.2 Å². The Balaban J connectivity index is 1.28. The number of rotatable bonds is 5. The van der Waals surface area contributed by atoms with Crippen molar-refractivity contribution in [2.45, 2.75) is 37.5 Å². The Bertz CT molecular complexity index is 1250. The van der Waals surface area contributed by atoms with E-state index in [0.29, 0.717) is 31.1 Å². The lowest BCUT2D eigenvalue weighted by Crippen LogP contribution is -2.44. The maximum atomic E-state index is 14.5. The van der Waals surface area contributed by atoms with Gasteiger partial charge < -0.3 is 19.5 Å². The van der Waals surface area contributed by atoms with E-state index in [0.717, 1.165) is 60.4 Å². The molecule has 0 unspecified atom stereocenters. The largest absolute Gasteiger partial charge is 0.454 e. The summed E-state index contributed by atoms with van der Waals surface area (Å²) in [4.78, 5) is 13.4. The van der Waals surface area contributed by atoms with Crippen LogP contribution in [-0.2, 0) is 23.0 Å². The summed E-state index contributed by atoms with van der Waals surface area (Å²) >= 11 is 0. The average Bonchev–Trinajstić information content (AvgIpc) is 3.60. The number of carbonyl (C=O) groups excluding carboxylic acids is 1. The van der Waals surface area contributed by atoms with Gasteiger partial charge in [0.15, 0.2) is 17.2 Å². The molecule has 3 aromatic rings. The second kappa shape index (κ2) is 8.43. The van der Waals surface area contributed by atoms with Crippen LogP contribution in [0.25, 0.3) is 5.69 Å². The molecule has 0 radical (unpaired) electrons. The van der Waals surface area contributed by atoms with E-state index in [9.17, 15) is 9.18 Å². The fraction of sp³-hybridized carbons (Fsp3) is 0.385.